The summed E-state index contributed by atoms with van der Waals surface area (Å²) in [5, 5.41) is 30.9. The number of nitrogens with one attached hydrogen (secondary N) is 5. The fourth-order valence-corrected chi connectivity index (χ4v) is 2.79. The smallest absolute Gasteiger partial charge is 0.303 e. The van der Waals surface area contributed by atoms with E-state index >= 15 is 0 Å². The van der Waals surface area contributed by atoms with Crippen LogP contribution in [0.5, 0.6) is 0 Å². The molecule has 0 saturated carbocycles. The third-order valence-electron chi connectivity index (χ3n) is 4.91. The van der Waals surface area contributed by atoms with Crippen molar-refractivity contribution in [1.29, 1.82) is 0 Å². The average Bonchev–Trinajstić information content (AvgIpc) is 2.75. The van der Waals surface area contributed by atoms with E-state index in [-0.39, 0.29) is 6.42 Å². The third-order valence-corrected chi connectivity index (χ3v) is 4.91. The summed E-state index contributed by atoms with van der Waals surface area (Å²) in [5.74, 6) is -4.83. The summed E-state index contributed by atoms with van der Waals surface area (Å²) >= 11 is 0. The maximum Gasteiger partial charge on any atom is 0.303 e. The molecule has 0 aliphatic heterocycles. The second-order valence-electron chi connectivity index (χ2n) is 8.03. The molecular weight excluding hydrogens is 468 g/mol. The predicted molar refractivity (Wildman–Crippen MR) is 120 cm³/mol. The highest BCUT2D eigenvalue weighted by atomic mass is 16.4. The minimum atomic E-state index is -1.79. The van der Waals surface area contributed by atoms with E-state index in [2.05, 4.69) is 26.6 Å². The molecule has 0 aromatic carbocycles. The number of aliphatic carboxylic acids is 1. The number of carboxylic acids is 1. The minimum absolute atomic E-state index is 0.240. The van der Waals surface area contributed by atoms with Crippen molar-refractivity contribution < 1.29 is 43.8 Å². The molecule has 0 saturated heterocycles. The van der Waals surface area contributed by atoms with Crippen LogP contribution in [0.2, 0.25) is 0 Å². The fraction of sp³-hybridized carbons (Fsp3) is 0.650. The molecule has 0 heterocycles. The molecule has 198 valence electrons. The molecule has 15 heteroatoms. The van der Waals surface area contributed by atoms with Crippen molar-refractivity contribution in [1.82, 2.24) is 26.6 Å². The highest BCUT2D eigenvalue weighted by Gasteiger charge is 2.37. The Labute approximate surface area is 201 Å². The Morgan fingerprint density at radius 3 is 1.97 bits per heavy atom. The van der Waals surface area contributed by atoms with Crippen molar-refractivity contribution in [3.8, 4) is 0 Å². The monoisotopic (exact) mass is 502 g/mol. The van der Waals surface area contributed by atoms with Gasteiger partial charge in [-0.2, -0.15) is 0 Å². The van der Waals surface area contributed by atoms with Gasteiger partial charge in [0.25, 0.3) is 0 Å². The van der Waals surface area contributed by atoms with Crippen molar-refractivity contribution in [2.45, 2.75) is 70.3 Å². The van der Waals surface area contributed by atoms with E-state index < -0.39 is 84.8 Å². The summed E-state index contributed by atoms with van der Waals surface area (Å²) in [7, 11) is 0. The van der Waals surface area contributed by atoms with Gasteiger partial charge in [-0.25, -0.2) is 0 Å². The number of carbonyl (C=O) groups excluding carboxylic acids is 6. The Morgan fingerprint density at radius 2 is 1.51 bits per heavy atom. The lowest BCUT2D eigenvalue weighted by Crippen LogP contribution is -2.64. The van der Waals surface area contributed by atoms with E-state index in [4.69, 9.17) is 10.8 Å². The van der Waals surface area contributed by atoms with E-state index in [0.717, 1.165) is 6.92 Å². The molecule has 0 rings (SSSR count). The van der Waals surface area contributed by atoms with E-state index in [1.54, 1.807) is 0 Å². The van der Waals surface area contributed by atoms with Gasteiger partial charge >= 0.3 is 5.97 Å². The van der Waals surface area contributed by atoms with Crippen LogP contribution in [0, 0.1) is 0 Å². The normalized spacial score (nSPS) is 15.8. The minimum Gasteiger partial charge on any atom is -0.481 e. The summed E-state index contributed by atoms with van der Waals surface area (Å²) in [6, 6.07) is -3.44. The van der Waals surface area contributed by atoms with Crippen LogP contribution < -0.4 is 32.3 Å². The van der Waals surface area contributed by atoms with Crippen LogP contribution in [0.1, 0.15) is 40.5 Å². The largest absolute Gasteiger partial charge is 0.481 e. The SMILES string of the molecule is CC(=O)NC(C=O)(CNC(CCC(=O)O)C(=O)NC(C)C(=O)NC(C)C(=O)NCC(N)=O)C(C)O. The van der Waals surface area contributed by atoms with Gasteiger partial charge in [0.05, 0.1) is 18.7 Å². The Kier molecular flexibility index (Phi) is 13.1. The second kappa shape index (κ2) is 14.6. The summed E-state index contributed by atoms with van der Waals surface area (Å²) in [6.07, 6.45) is -1.73. The molecular formula is C20H34N6O9. The molecule has 0 bridgehead atoms. The van der Waals surface area contributed by atoms with Crippen LogP contribution >= 0.6 is 0 Å². The first-order valence-electron chi connectivity index (χ1n) is 10.7. The third kappa shape index (κ3) is 11.4. The number of hydrogen-bond donors (Lipinski definition) is 8. The molecule has 0 spiro atoms. The van der Waals surface area contributed by atoms with Gasteiger partial charge in [-0.15, -0.1) is 0 Å². The molecule has 15 nitrogen and oxygen atoms in total. The summed E-state index contributed by atoms with van der Waals surface area (Å²) in [5.41, 5.74) is 3.14. The topological polar surface area (TPSA) is 246 Å². The average molecular weight is 503 g/mol. The Bertz CT molecular complexity index is 819. The molecule has 5 amide bonds. The number of primary amides is 1. The number of rotatable bonds is 16. The second-order valence-corrected chi connectivity index (χ2v) is 8.03. The van der Waals surface area contributed by atoms with Crippen molar-refractivity contribution >= 4 is 41.8 Å². The zero-order chi connectivity index (χ0) is 27.3. The molecule has 9 N–H and O–H groups in total. The van der Waals surface area contributed by atoms with Crippen molar-refractivity contribution in [3.05, 3.63) is 0 Å². The molecule has 0 aliphatic carbocycles. The summed E-state index contributed by atoms with van der Waals surface area (Å²) in [4.78, 5) is 81.8. The molecule has 5 unspecified atom stereocenters. The number of nitrogens with two attached hydrogens (primary N) is 1. The fourth-order valence-electron chi connectivity index (χ4n) is 2.79. The quantitative estimate of drug-likeness (QED) is 0.0947. The van der Waals surface area contributed by atoms with Crippen LogP contribution in [0.3, 0.4) is 0 Å². The van der Waals surface area contributed by atoms with Gasteiger partial charge in [-0.3, -0.25) is 28.8 Å². The zero-order valence-corrected chi connectivity index (χ0v) is 20.0. The highest BCUT2D eigenvalue weighted by Crippen LogP contribution is 2.09. The number of amides is 5. The molecule has 0 aromatic heterocycles. The lowest BCUT2D eigenvalue weighted by molar-refractivity contribution is -0.137. The van der Waals surface area contributed by atoms with Gasteiger partial charge in [0.1, 0.15) is 23.9 Å². The zero-order valence-electron chi connectivity index (χ0n) is 20.0. The van der Waals surface area contributed by atoms with Crippen molar-refractivity contribution in [2.75, 3.05) is 13.1 Å². The van der Waals surface area contributed by atoms with Crippen LogP contribution in [-0.2, 0) is 33.6 Å². The number of aliphatic hydroxyl groups excluding tert-OH is 1. The molecule has 0 aliphatic rings. The first-order chi connectivity index (χ1) is 16.1. The molecule has 35 heavy (non-hydrogen) atoms. The molecule has 0 radical (unpaired) electrons. The predicted octanol–water partition coefficient (Wildman–Crippen LogP) is -4.13. The summed E-state index contributed by atoms with van der Waals surface area (Å²) < 4.78 is 0. The number of aldehydes is 1. The van der Waals surface area contributed by atoms with Gasteiger partial charge in [-0.05, 0) is 27.2 Å². The van der Waals surface area contributed by atoms with Crippen LogP contribution in [0.25, 0.3) is 0 Å². The molecule has 0 fully saturated rings. The number of carbonyl (C=O) groups is 7. The number of hydrogen-bond acceptors (Lipinski definition) is 9. The van der Waals surface area contributed by atoms with E-state index in [1.165, 1.54) is 20.8 Å². The first kappa shape index (κ1) is 31.4. The van der Waals surface area contributed by atoms with Crippen LogP contribution in [0.15, 0.2) is 0 Å². The van der Waals surface area contributed by atoms with E-state index in [0.29, 0.717) is 6.29 Å². The van der Waals surface area contributed by atoms with E-state index in [9.17, 15) is 38.7 Å². The van der Waals surface area contributed by atoms with Crippen molar-refractivity contribution in [3.63, 3.8) is 0 Å². The maximum atomic E-state index is 12.7. The van der Waals surface area contributed by atoms with Gasteiger partial charge in [0.2, 0.25) is 29.5 Å². The Morgan fingerprint density at radius 1 is 0.971 bits per heavy atom. The van der Waals surface area contributed by atoms with E-state index in [1.807, 2.05) is 0 Å². The lowest BCUT2D eigenvalue weighted by Gasteiger charge is -2.33. The highest BCUT2D eigenvalue weighted by molar-refractivity contribution is 5.93. The Balaban J connectivity index is 5.30. The van der Waals surface area contributed by atoms with Crippen molar-refractivity contribution in [2.24, 2.45) is 5.73 Å². The van der Waals surface area contributed by atoms with Gasteiger partial charge < -0.3 is 47.3 Å². The standard InChI is InChI=1S/C20H34N6O9/c1-10(17(33)22-7-15(21)30)24-18(34)11(2)25-19(35)14(5-6-16(31)32)23-8-20(9-27,12(3)28)26-13(4)29/h9-12,14,23,28H,5-8H2,1-4H3,(H2,21,30)(H,22,33)(H,24,34)(H,25,35)(H,26,29)(H,31,32). The maximum absolute atomic E-state index is 12.7. The van der Waals surface area contributed by atoms with Crippen LogP contribution in [-0.4, -0.2) is 94.9 Å². The number of aliphatic hydroxyl groups is 1. The van der Waals surface area contributed by atoms with Gasteiger partial charge in [0.15, 0.2) is 0 Å². The van der Waals surface area contributed by atoms with Crippen LogP contribution in [0.4, 0.5) is 0 Å². The lowest BCUT2D eigenvalue weighted by atomic mass is 9.94. The first-order valence-corrected chi connectivity index (χ1v) is 10.7. The molecule has 5 atom stereocenters. The Hall–Kier alpha value is -3.59. The molecule has 0 aromatic rings. The summed E-state index contributed by atoms with van der Waals surface area (Å²) in [6.45, 7) is 4.21. The van der Waals surface area contributed by atoms with Gasteiger partial charge in [-0.1, -0.05) is 0 Å². The van der Waals surface area contributed by atoms with Gasteiger partial charge in [0, 0.05) is 19.9 Å². The number of carboxylic acid groups (broad SMARTS) is 1.